The maximum Gasteiger partial charge on any atom is 0.222 e. The predicted octanol–water partition coefficient (Wildman–Crippen LogP) is -3.35. The van der Waals surface area contributed by atoms with Gasteiger partial charge in [0, 0.05) is 26.6 Å². The van der Waals surface area contributed by atoms with E-state index in [4.69, 9.17) is 15.3 Å². The monoisotopic (exact) mass is 281 g/mol. The molecule has 0 aliphatic carbocycles. The van der Waals surface area contributed by atoms with Crippen molar-refractivity contribution in [2.24, 2.45) is 0 Å². The Bertz CT molecular complexity index is 263. The van der Waals surface area contributed by atoms with Gasteiger partial charge in [0.25, 0.3) is 0 Å². The number of hydrogen-bond donors (Lipinski definition) is 6. The van der Waals surface area contributed by atoms with E-state index in [1.54, 1.807) is 0 Å². The molecule has 0 unspecified atom stereocenters. The largest absolute Gasteiger partial charge is 0.396 e. The van der Waals surface area contributed by atoms with Gasteiger partial charge >= 0.3 is 0 Å². The van der Waals surface area contributed by atoms with Gasteiger partial charge < -0.3 is 35.5 Å². The maximum atomic E-state index is 11.5. The molecule has 0 saturated carbocycles. The van der Waals surface area contributed by atoms with Crippen LogP contribution in [0, 0.1) is 0 Å². The zero-order chi connectivity index (χ0) is 15.0. The standard InChI is InChI=1S/C11H23NO7/c1-12(9(17)3-2-4-13)5-7(15)10(18)11(19)8(16)6-14/h7-8,10-11,13-16,18-19H,2-6H2,1H3/t7-,8+,10+,11+/m0/s1. The summed E-state index contributed by atoms with van der Waals surface area (Å²) in [6, 6.07) is 0. The molecule has 8 nitrogen and oxygen atoms in total. The Morgan fingerprint density at radius 2 is 1.58 bits per heavy atom. The highest BCUT2D eigenvalue weighted by Crippen LogP contribution is 2.07. The second kappa shape index (κ2) is 9.18. The minimum absolute atomic E-state index is 0.109. The number of likely N-dealkylation sites (N-methyl/N-ethyl adjacent to an activating group) is 1. The van der Waals surface area contributed by atoms with Gasteiger partial charge in [-0.25, -0.2) is 0 Å². The number of carbonyl (C=O) groups is 1. The molecule has 0 aromatic heterocycles. The van der Waals surface area contributed by atoms with E-state index >= 15 is 0 Å². The summed E-state index contributed by atoms with van der Waals surface area (Å²) in [5.74, 6) is -0.322. The molecule has 1 amide bonds. The van der Waals surface area contributed by atoms with Crippen LogP contribution >= 0.6 is 0 Å². The molecule has 0 spiro atoms. The number of rotatable bonds is 9. The van der Waals surface area contributed by atoms with Crippen LogP contribution in [0.15, 0.2) is 0 Å². The number of aliphatic hydroxyl groups is 6. The molecule has 19 heavy (non-hydrogen) atoms. The molecule has 0 aromatic rings. The highest BCUT2D eigenvalue weighted by Gasteiger charge is 2.31. The first-order valence-electron chi connectivity index (χ1n) is 6.03. The number of amides is 1. The van der Waals surface area contributed by atoms with E-state index in [0.29, 0.717) is 6.42 Å². The van der Waals surface area contributed by atoms with Gasteiger partial charge in [-0.2, -0.15) is 0 Å². The molecule has 0 aromatic carbocycles. The van der Waals surface area contributed by atoms with E-state index in [0.717, 1.165) is 4.90 Å². The van der Waals surface area contributed by atoms with E-state index in [9.17, 15) is 20.1 Å². The number of carbonyl (C=O) groups excluding carboxylic acids is 1. The van der Waals surface area contributed by atoms with Crippen molar-refractivity contribution in [1.82, 2.24) is 4.90 Å². The van der Waals surface area contributed by atoms with Crippen molar-refractivity contribution in [2.75, 3.05) is 26.8 Å². The van der Waals surface area contributed by atoms with Crippen LogP contribution in [0.25, 0.3) is 0 Å². The summed E-state index contributed by atoms with van der Waals surface area (Å²) in [4.78, 5) is 12.6. The molecule has 0 heterocycles. The normalized spacial score (nSPS) is 17.6. The van der Waals surface area contributed by atoms with Crippen molar-refractivity contribution in [3.05, 3.63) is 0 Å². The minimum atomic E-state index is -1.71. The van der Waals surface area contributed by atoms with E-state index in [1.165, 1.54) is 7.05 Å². The Morgan fingerprint density at radius 3 is 2.05 bits per heavy atom. The first-order chi connectivity index (χ1) is 8.84. The van der Waals surface area contributed by atoms with E-state index < -0.39 is 31.0 Å². The number of nitrogens with zero attached hydrogens (tertiary/aromatic N) is 1. The van der Waals surface area contributed by atoms with Gasteiger partial charge in [-0.1, -0.05) is 0 Å². The van der Waals surface area contributed by atoms with E-state index in [-0.39, 0.29) is 25.5 Å². The van der Waals surface area contributed by atoms with Crippen LogP contribution in [-0.2, 0) is 4.79 Å². The molecule has 4 atom stereocenters. The van der Waals surface area contributed by atoms with Gasteiger partial charge in [-0.3, -0.25) is 4.79 Å². The van der Waals surface area contributed by atoms with Crippen LogP contribution in [-0.4, -0.2) is 92.7 Å². The molecule has 0 bridgehead atoms. The fraction of sp³-hybridized carbons (Fsp3) is 0.909. The number of hydrogen-bond acceptors (Lipinski definition) is 7. The molecule has 0 radical (unpaired) electrons. The van der Waals surface area contributed by atoms with E-state index in [1.807, 2.05) is 0 Å². The molecule has 114 valence electrons. The Balaban J connectivity index is 4.27. The highest BCUT2D eigenvalue weighted by molar-refractivity contribution is 5.75. The lowest BCUT2D eigenvalue weighted by molar-refractivity contribution is -0.138. The molecule has 0 rings (SSSR count). The van der Waals surface area contributed by atoms with E-state index in [2.05, 4.69) is 0 Å². The molecule has 6 N–H and O–H groups in total. The molecule has 0 fully saturated rings. The summed E-state index contributed by atoms with van der Waals surface area (Å²) in [6.07, 6.45) is -6.01. The molecule has 0 saturated heterocycles. The van der Waals surface area contributed by atoms with Crippen molar-refractivity contribution in [2.45, 2.75) is 37.3 Å². The SMILES string of the molecule is CN(C[C@H](O)[C@@H](O)[C@H](O)[C@H](O)CO)C(=O)CCCO. The second-order valence-electron chi connectivity index (χ2n) is 4.40. The van der Waals surface area contributed by atoms with Crippen LogP contribution in [0.1, 0.15) is 12.8 Å². The zero-order valence-corrected chi connectivity index (χ0v) is 10.9. The Morgan fingerprint density at radius 1 is 1.05 bits per heavy atom. The van der Waals surface area contributed by atoms with Crippen molar-refractivity contribution in [1.29, 1.82) is 0 Å². The first kappa shape index (κ1) is 18.2. The summed E-state index contributed by atoms with van der Waals surface area (Å²) < 4.78 is 0. The fourth-order valence-electron chi connectivity index (χ4n) is 1.47. The minimum Gasteiger partial charge on any atom is -0.396 e. The van der Waals surface area contributed by atoms with Gasteiger partial charge in [0.1, 0.15) is 24.4 Å². The number of aliphatic hydroxyl groups excluding tert-OH is 6. The first-order valence-corrected chi connectivity index (χ1v) is 6.03. The van der Waals surface area contributed by atoms with Crippen molar-refractivity contribution < 1.29 is 35.4 Å². The Labute approximate surface area is 111 Å². The average Bonchev–Trinajstić information content (AvgIpc) is 2.41. The average molecular weight is 281 g/mol. The lowest BCUT2D eigenvalue weighted by atomic mass is 10.0. The predicted molar refractivity (Wildman–Crippen MR) is 65.1 cm³/mol. The van der Waals surface area contributed by atoms with Crippen LogP contribution in [0.4, 0.5) is 0 Å². The van der Waals surface area contributed by atoms with Crippen LogP contribution in [0.2, 0.25) is 0 Å². The molecular weight excluding hydrogens is 258 g/mol. The van der Waals surface area contributed by atoms with Crippen LogP contribution in [0.5, 0.6) is 0 Å². The lowest BCUT2D eigenvalue weighted by Gasteiger charge is -2.28. The van der Waals surface area contributed by atoms with Gasteiger partial charge in [-0.15, -0.1) is 0 Å². The third-order valence-corrected chi connectivity index (χ3v) is 2.76. The second-order valence-corrected chi connectivity index (χ2v) is 4.40. The lowest BCUT2D eigenvalue weighted by Crippen LogP contribution is -2.49. The van der Waals surface area contributed by atoms with Gasteiger partial charge in [0.2, 0.25) is 5.91 Å². The third-order valence-electron chi connectivity index (χ3n) is 2.76. The van der Waals surface area contributed by atoms with Crippen LogP contribution < -0.4 is 0 Å². The van der Waals surface area contributed by atoms with Crippen molar-refractivity contribution >= 4 is 5.91 Å². The highest BCUT2D eigenvalue weighted by atomic mass is 16.4. The molecular formula is C11H23NO7. The summed E-state index contributed by atoms with van der Waals surface area (Å²) in [5.41, 5.74) is 0. The Kier molecular flexibility index (Phi) is 8.81. The van der Waals surface area contributed by atoms with Gasteiger partial charge in [-0.05, 0) is 6.42 Å². The Hall–Kier alpha value is -0.770. The van der Waals surface area contributed by atoms with Crippen LogP contribution in [0.3, 0.4) is 0 Å². The van der Waals surface area contributed by atoms with Gasteiger partial charge in [0.05, 0.1) is 6.61 Å². The third kappa shape index (κ3) is 6.28. The zero-order valence-electron chi connectivity index (χ0n) is 10.9. The molecule has 8 heteroatoms. The summed E-state index contributed by atoms with van der Waals surface area (Å²) in [7, 11) is 1.41. The smallest absolute Gasteiger partial charge is 0.222 e. The fourth-order valence-corrected chi connectivity index (χ4v) is 1.47. The summed E-state index contributed by atoms with van der Waals surface area (Å²) >= 11 is 0. The quantitative estimate of drug-likeness (QED) is 0.259. The summed E-state index contributed by atoms with van der Waals surface area (Å²) in [5, 5.41) is 54.9. The van der Waals surface area contributed by atoms with Gasteiger partial charge in [0.15, 0.2) is 0 Å². The van der Waals surface area contributed by atoms with Crippen molar-refractivity contribution in [3.63, 3.8) is 0 Å². The maximum absolute atomic E-state index is 11.5. The summed E-state index contributed by atoms with van der Waals surface area (Å²) in [6.45, 7) is -1.11. The topological polar surface area (TPSA) is 142 Å². The molecule has 0 aliphatic rings. The van der Waals surface area contributed by atoms with Crippen molar-refractivity contribution in [3.8, 4) is 0 Å². The molecule has 0 aliphatic heterocycles.